The molecule has 0 saturated heterocycles. The number of aryl methyl sites for hydroxylation is 1. The molecule has 0 bridgehead atoms. The minimum Gasteiger partial charge on any atom is -0.340 e. The highest BCUT2D eigenvalue weighted by atomic mass is 19.1. The standard InChI is InChI=1S/C15H18FN3O/c1-10-18-14(19-20-10)8-9-17-15(11-2-3-11)12-4-6-13(16)7-5-12/h4-7,11,15,17H,2-3,8-9H2,1H3. The van der Waals surface area contributed by atoms with Crippen molar-refractivity contribution in [3.05, 3.63) is 47.4 Å². The van der Waals surface area contributed by atoms with Gasteiger partial charge in [0.15, 0.2) is 5.82 Å². The largest absolute Gasteiger partial charge is 0.340 e. The number of nitrogens with one attached hydrogen (secondary N) is 1. The summed E-state index contributed by atoms with van der Waals surface area (Å²) in [6.45, 7) is 2.58. The van der Waals surface area contributed by atoms with Crippen LogP contribution in [-0.2, 0) is 6.42 Å². The Bertz CT molecular complexity index is 563. The maximum Gasteiger partial charge on any atom is 0.223 e. The van der Waals surface area contributed by atoms with Crippen molar-refractivity contribution in [1.82, 2.24) is 15.5 Å². The molecule has 5 heteroatoms. The molecule has 4 nitrogen and oxygen atoms in total. The summed E-state index contributed by atoms with van der Waals surface area (Å²) < 4.78 is 17.9. The van der Waals surface area contributed by atoms with Gasteiger partial charge < -0.3 is 9.84 Å². The zero-order chi connectivity index (χ0) is 13.9. The number of hydrogen-bond donors (Lipinski definition) is 1. The second-order valence-electron chi connectivity index (χ2n) is 5.30. The van der Waals surface area contributed by atoms with Crippen LogP contribution in [-0.4, -0.2) is 16.7 Å². The van der Waals surface area contributed by atoms with Gasteiger partial charge >= 0.3 is 0 Å². The van der Waals surface area contributed by atoms with Crippen LogP contribution in [0.3, 0.4) is 0 Å². The second kappa shape index (κ2) is 5.71. The molecule has 0 radical (unpaired) electrons. The number of benzene rings is 1. The third-order valence-electron chi connectivity index (χ3n) is 3.61. The molecule has 106 valence electrons. The van der Waals surface area contributed by atoms with Gasteiger partial charge in [0, 0.05) is 25.9 Å². The second-order valence-corrected chi connectivity index (χ2v) is 5.30. The molecule has 1 atom stereocenters. The first-order valence-corrected chi connectivity index (χ1v) is 7.00. The van der Waals surface area contributed by atoms with Crippen LogP contribution >= 0.6 is 0 Å². The fourth-order valence-electron chi connectivity index (χ4n) is 2.44. The fraction of sp³-hybridized carbons (Fsp3) is 0.467. The predicted octanol–water partition coefficient (Wildman–Crippen LogP) is 2.80. The molecule has 1 saturated carbocycles. The summed E-state index contributed by atoms with van der Waals surface area (Å²) in [6.07, 6.45) is 3.20. The number of halogens is 1. The summed E-state index contributed by atoms with van der Waals surface area (Å²) in [5.41, 5.74) is 1.15. The SMILES string of the molecule is Cc1nc(CCNC(c2ccc(F)cc2)C2CC2)no1. The molecule has 3 rings (SSSR count). The van der Waals surface area contributed by atoms with Gasteiger partial charge in [-0.15, -0.1) is 0 Å². The molecule has 1 fully saturated rings. The smallest absolute Gasteiger partial charge is 0.223 e. The molecule has 1 N–H and O–H groups in total. The number of rotatable bonds is 6. The van der Waals surface area contributed by atoms with E-state index < -0.39 is 0 Å². The maximum atomic E-state index is 13.0. The first kappa shape index (κ1) is 13.2. The average Bonchev–Trinajstić information content (AvgIpc) is 3.19. The Morgan fingerprint density at radius 1 is 1.35 bits per heavy atom. The van der Waals surface area contributed by atoms with E-state index in [2.05, 4.69) is 15.5 Å². The lowest BCUT2D eigenvalue weighted by Gasteiger charge is -2.18. The topological polar surface area (TPSA) is 51.0 Å². The summed E-state index contributed by atoms with van der Waals surface area (Å²) >= 11 is 0. The highest BCUT2D eigenvalue weighted by Gasteiger charge is 2.31. The van der Waals surface area contributed by atoms with E-state index in [9.17, 15) is 4.39 Å². The van der Waals surface area contributed by atoms with Crippen LogP contribution in [0.25, 0.3) is 0 Å². The summed E-state index contributed by atoms with van der Waals surface area (Å²) in [6, 6.07) is 7.07. The van der Waals surface area contributed by atoms with Crippen molar-refractivity contribution in [3.63, 3.8) is 0 Å². The van der Waals surface area contributed by atoms with Gasteiger partial charge in [-0.1, -0.05) is 17.3 Å². The van der Waals surface area contributed by atoms with E-state index in [1.54, 1.807) is 6.92 Å². The Balaban J connectivity index is 1.59. The Hall–Kier alpha value is -1.75. The summed E-state index contributed by atoms with van der Waals surface area (Å²) in [5.74, 6) is 1.79. The van der Waals surface area contributed by atoms with Crippen molar-refractivity contribution < 1.29 is 8.91 Å². The van der Waals surface area contributed by atoms with Crippen LogP contribution in [0.1, 0.15) is 36.2 Å². The van der Waals surface area contributed by atoms with Gasteiger partial charge in [-0.3, -0.25) is 0 Å². The van der Waals surface area contributed by atoms with E-state index >= 15 is 0 Å². The summed E-state index contributed by atoms with van der Waals surface area (Å²) in [5, 5.41) is 7.41. The quantitative estimate of drug-likeness (QED) is 0.880. The number of aromatic nitrogens is 2. The van der Waals surface area contributed by atoms with Crippen molar-refractivity contribution in [2.24, 2.45) is 5.92 Å². The average molecular weight is 275 g/mol. The molecular weight excluding hydrogens is 257 g/mol. The summed E-state index contributed by atoms with van der Waals surface area (Å²) in [4.78, 5) is 4.18. The van der Waals surface area contributed by atoms with E-state index in [-0.39, 0.29) is 5.82 Å². The highest BCUT2D eigenvalue weighted by Crippen LogP contribution is 2.40. The van der Waals surface area contributed by atoms with Gasteiger partial charge in [-0.25, -0.2) is 4.39 Å². The monoisotopic (exact) mass is 275 g/mol. The van der Waals surface area contributed by atoms with Crippen LogP contribution in [0.4, 0.5) is 4.39 Å². The normalized spacial score (nSPS) is 16.3. The van der Waals surface area contributed by atoms with E-state index in [1.807, 2.05) is 12.1 Å². The lowest BCUT2D eigenvalue weighted by Crippen LogP contribution is -2.25. The van der Waals surface area contributed by atoms with Crippen molar-refractivity contribution in [1.29, 1.82) is 0 Å². The third-order valence-corrected chi connectivity index (χ3v) is 3.61. The lowest BCUT2D eigenvalue weighted by atomic mass is 10.0. The Morgan fingerprint density at radius 2 is 2.10 bits per heavy atom. The highest BCUT2D eigenvalue weighted by molar-refractivity contribution is 5.22. The van der Waals surface area contributed by atoms with Gasteiger partial charge in [0.05, 0.1) is 0 Å². The number of hydrogen-bond acceptors (Lipinski definition) is 4. The van der Waals surface area contributed by atoms with Crippen LogP contribution in [0.2, 0.25) is 0 Å². The minimum absolute atomic E-state index is 0.189. The summed E-state index contributed by atoms with van der Waals surface area (Å²) in [7, 11) is 0. The molecule has 0 spiro atoms. The Kier molecular flexibility index (Phi) is 3.78. The Morgan fingerprint density at radius 3 is 2.70 bits per heavy atom. The first-order valence-electron chi connectivity index (χ1n) is 7.00. The molecule has 1 unspecified atom stereocenters. The molecule has 1 aromatic carbocycles. The molecule has 1 aliphatic carbocycles. The fourth-order valence-corrected chi connectivity index (χ4v) is 2.44. The van der Waals surface area contributed by atoms with Crippen molar-refractivity contribution in [2.75, 3.05) is 6.54 Å². The number of nitrogens with zero attached hydrogens (tertiary/aromatic N) is 2. The van der Waals surface area contributed by atoms with Crippen LogP contribution in [0, 0.1) is 18.7 Å². The van der Waals surface area contributed by atoms with Gasteiger partial charge in [0.1, 0.15) is 5.82 Å². The first-order chi connectivity index (χ1) is 9.72. The molecule has 1 heterocycles. The molecule has 2 aromatic rings. The van der Waals surface area contributed by atoms with E-state index in [1.165, 1.54) is 25.0 Å². The van der Waals surface area contributed by atoms with Crippen LogP contribution in [0.5, 0.6) is 0 Å². The molecule has 0 aliphatic heterocycles. The van der Waals surface area contributed by atoms with Crippen molar-refractivity contribution >= 4 is 0 Å². The zero-order valence-electron chi connectivity index (χ0n) is 11.5. The molecular formula is C15H18FN3O. The van der Waals surface area contributed by atoms with Gasteiger partial charge in [-0.05, 0) is 36.5 Å². The van der Waals surface area contributed by atoms with Gasteiger partial charge in [0.2, 0.25) is 5.89 Å². The van der Waals surface area contributed by atoms with E-state index in [4.69, 9.17) is 4.52 Å². The van der Waals surface area contributed by atoms with Crippen molar-refractivity contribution in [2.45, 2.75) is 32.2 Å². The van der Waals surface area contributed by atoms with Crippen molar-refractivity contribution in [3.8, 4) is 0 Å². The van der Waals surface area contributed by atoms with Crippen LogP contribution in [0.15, 0.2) is 28.8 Å². The maximum absolute atomic E-state index is 13.0. The van der Waals surface area contributed by atoms with E-state index in [0.29, 0.717) is 17.9 Å². The molecule has 1 aliphatic rings. The Labute approximate surface area is 117 Å². The molecule has 1 aromatic heterocycles. The molecule has 0 amide bonds. The molecule has 20 heavy (non-hydrogen) atoms. The van der Waals surface area contributed by atoms with Gasteiger partial charge in [-0.2, -0.15) is 4.98 Å². The van der Waals surface area contributed by atoms with Gasteiger partial charge in [0.25, 0.3) is 0 Å². The minimum atomic E-state index is -0.189. The zero-order valence-corrected chi connectivity index (χ0v) is 11.5. The van der Waals surface area contributed by atoms with E-state index in [0.717, 1.165) is 24.4 Å². The van der Waals surface area contributed by atoms with Crippen LogP contribution < -0.4 is 5.32 Å². The third kappa shape index (κ3) is 3.22. The predicted molar refractivity (Wildman–Crippen MR) is 72.6 cm³/mol. The lowest BCUT2D eigenvalue weighted by molar-refractivity contribution is 0.385.